The Bertz CT molecular complexity index is 733. The van der Waals surface area contributed by atoms with Crippen LogP contribution in [0.3, 0.4) is 0 Å². The summed E-state index contributed by atoms with van der Waals surface area (Å²) in [5, 5.41) is 10.7. The van der Waals surface area contributed by atoms with Gasteiger partial charge in [0.25, 0.3) is 5.91 Å². The van der Waals surface area contributed by atoms with Crippen molar-refractivity contribution >= 4 is 23.7 Å². The van der Waals surface area contributed by atoms with Crippen molar-refractivity contribution in [1.29, 1.82) is 0 Å². The van der Waals surface area contributed by atoms with E-state index in [1.54, 1.807) is 28.9 Å². The van der Waals surface area contributed by atoms with Gasteiger partial charge in [0.15, 0.2) is 0 Å². The zero-order chi connectivity index (χ0) is 16.1. The lowest BCUT2D eigenvalue weighted by Crippen LogP contribution is -2.18. The summed E-state index contributed by atoms with van der Waals surface area (Å²) in [5.41, 5.74) is 5.07. The highest BCUT2D eigenvalue weighted by Gasteiger charge is 2.06. The van der Waals surface area contributed by atoms with Gasteiger partial charge in [-0.3, -0.25) is 14.3 Å². The molecule has 7 heteroatoms. The zero-order valence-electron chi connectivity index (χ0n) is 12.6. The summed E-state index contributed by atoms with van der Waals surface area (Å²) in [7, 11) is 1.82. The molecule has 0 radical (unpaired) electrons. The molecule has 0 fully saturated rings. The Balaban J connectivity index is 2.03. The third kappa shape index (κ3) is 4.02. The number of rotatable bonds is 4. The van der Waals surface area contributed by atoms with Gasteiger partial charge in [0.2, 0.25) is 5.91 Å². The molecule has 0 saturated carbocycles. The van der Waals surface area contributed by atoms with E-state index in [0.717, 1.165) is 11.3 Å². The van der Waals surface area contributed by atoms with E-state index in [4.69, 9.17) is 0 Å². The van der Waals surface area contributed by atoms with Gasteiger partial charge in [0.05, 0.1) is 11.9 Å². The molecule has 0 spiro atoms. The van der Waals surface area contributed by atoms with Crippen molar-refractivity contribution < 1.29 is 9.59 Å². The van der Waals surface area contributed by atoms with Crippen LogP contribution >= 0.6 is 0 Å². The summed E-state index contributed by atoms with van der Waals surface area (Å²) in [4.78, 5) is 23.0. The number of aryl methyl sites for hydroxylation is 2. The van der Waals surface area contributed by atoms with E-state index in [9.17, 15) is 9.59 Å². The van der Waals surface area contributed by atoms with E-state index in [-0.39, 0.29) is 11.8 Å². The number of anilines is 1. The molecule has 0 bridgehead atoms. The molecule has 0 aliphatic rings. The second-order valence-corrected chi connectivity index (χ2v) is 4.80. The van der Waals surface area contributed by atoms with Gasteiger partial charge in [-0.15, -0.1) is 0 Å². The third-order valence-electron chi connectivity index (χ3n) is 2.87. The maximum Gasteiger partial charge on any atom is 0.271 e. The number of amides is 2. The Hall–Kier alpha value is -2.96. The predicted octanol–water partition coefficient (Wildman–Crippen LogP) is 1.45. The fourth-order valence-corrected chi connectivity index (χ4v) is 1.91. The molecule has 114 valence electrons. The number of hydrogen-bond acceptors (Lipinski definition) is 4. The van der Waals surface area contributed by atoms with Crippen molar-refractivity contribution in [2.24, 2.45) is 12.1 Å². The summed E-state index contributed by atoms with van der Waals surface area (Å²) in [5.74, 6) is -0.548. The molecule has 2 rings (SSSR count). The molecule has 0 atom stereocenters. The highest BCUT2D eigenvalue weighted by molar-refractivity contribution is 5.97. The smallest absolute Gasteiger partial charge is 0.271 e. The largest absolute Gasteiger partial charge is 0.326 e. The average molecular weight is 299 g/mol. The lowest BCUT2D eigenvalue weighted by molar-refractivity contribution is -0.114. The van der Waals surface area contributed by atoms with Gasteiger partial charge >= 0.3 is 0 Å². The van der Waals surface area contributed by atoms with Crippen LogP contribution in [0.4, 0.5) is 5.69 Å². The normalized spacial score (nSPS) is 10.7. The van der Waals surface area contributed by atoms with Crippen LogP contribution in [0.5, 0.6) is 0 Å². The fourth-order valence-electron chi connectivity index (χ4n) is 1.91. The highest BCUT2D eigenvalue weighted by Crippen LogP contribution is 2.10. The molecule has 0 unspecified atom stereocenters. The van der Waals surface area contributed by atoms with E-state index in [1.807, 2.05) is 20.2 Å². The van der Waals surface area contributed by atoms with Crippen LogP contribution < -0.4 is 10.7 Å². The fraction of sp³-hybridized carbons (Fsp3) is 0.200. The number of hydrogen-bond donors (Lipinski definition) is 2. The molecule has 0 aliphatic heterocycles. The third-order valence-corrected chi connectivity index (χ3v) is 2.87. The number of nitrogens with zero attached hydrogens (tertiary/aromatic N) is 3. The van der Waals surface area contributed by atoms with Crippen LogP contribution in [0.25, 0.3) is 0 Å². The van der Waals surface area contributed by atoms with Gasteiger partial charge in [-0.25, -0.2) is 5.43 Å². The quantitative estimate of drug-likeness (QED) is 0.661. The minimum absolute atomic E-state index is 0.192. The second kappa shape index (κ2) is 6.66. The van der Waals surface area contributed by atoms with E-state index in [1.165, 1.54) is 13.1 Å². The summed E-state index contributed by atoms with van der Waals surface area (Å²) in [6.45, 7) is 3.27. The number of hydrazone groups is 1. The minimum Gasteiger partial charge on any atom is -0.326 e. The monoisotopic (exact) mass is 299 g/mol. The standard InChI is InChI=1S/C15H17N5O2/c1-10-13(9-20(3)19-10)8-16-18-15(22)12-5-4-6-14(7-12)17-11(2)21/h4-9H,1-3H3,(H,17,21)(H,18,22)/b16-8+. The highest BCUT2D eigenvalue weighted by atomic mass is 16.2. The number of carbonyl (C=O) groups excluding carboxylic acids is 2. The van der Waals surface area contributed by atoms with E-state index in [0.29, 0.717) is 11.3 Å². The maximum atomic E-state index is 12.0. The number of aromatic nitrogens is 2. The first-order valence-electron chi connectivity index (χ1n) is 6.67. The molecule has 22 heavy (non-hydrogen) atoms. The van der Waals surface area contributed by atoms with Crippen molar-refractivity contribution in [3.05, 3.63) is 47.3 Å². The number of nitrogens with one attached hydrogen (secondary N) is 2. The topological polar surface area (TPSA) is 88.4 Å². The SMILES string of the molecule is CC(=O)Nc1cccc(C(=O)N/N=C/c2cn(C)nc2C)c1. The Morgan fingerprint density at radius 2 is 2.14 bits per heavy atom. The van der Waals surface area contributed by atoms with Crippen molar-refractivity contribution in [3.8, 4) is 0 Å². The molecule has 1 aromatic heterocycles. The lowest BCUT2D eigenvalue weighted by atomic mass is 10.2. The first kappa shape index (κ1) is 15.4. The molecule has 1 heterocycles. The van der Waals surface area contributed by atoms with Gasteiger partial charge < -0.3 is 5.32 Å². The zero-order valence-corrected chi connectivity index (χ0v) is 12.6. The minimum atomic E-state index is -0.356. The number of carbonyl (C=O) groups is 2. The molecular weight excluding hydrogens is 282 g/mol. The lowest BCUT2D eigenvalue weighted by Gasteiger charge is -2.04. The van der Waals surface area contributed by atoms with Gasteiger partial charge in [0, 0.05) is 37.0 Å². The number of benzene rings is 1. The van der Waals surface area contributed by atoms with Gasteiger partial charge in [-0.1, -0.05) is 6.07 Å². The van der Waals surface area contributed by atoms with Crippen LogP contribution in [0, 0.1) is 6.92 Å². The molecule has 0 aliphatic carbocycles. The van der Waals surface area contributed by atoms with E-state index in [2.05, 4.69) is 20.9 Å². The Kier molecular flexibility index (Phi) is 4.67. The molecule has 1 aromatic carbocycles. The van der Waals surface area contributed by atoms with Crippen molar-refractivity contribution in [3.63, 3.8) is 0 Å². The molecular formula is C15H17N5O2. The first-order chi connectivity index (χ1) is 10.5. The van der Waals surface area contributed by atoms with E-state index >= 15 is 0 Å². The molecule has 2 N–H and O–H groups in total. The average Bonchev–Trinajstić information content (AvgIpc) is 2.76. The van der Waals surface area contributed by atoms with Crippen LogP contribution in [-0.4, -0.2) is 27.8 Å². The summed E-state index contributed by atoms with van der Waals surface area (Å²) in [6, 6.07) is 6.63. The molecule has 2 aromatic rings. The van der Waals surface area contributed by atoms with Crippen LogP contribution in [-0.2, 0) is 11.8 Å². The predicted molar refractivity (Wildman–Crippen MR) is 83.8 cm³/mol. The maximum absolute atomic E-state index is 12.0. The van der Waals surface area contributed by atoms with Crippen molar-refractivity contribution in [2.75, 3.05) is 5.32 Å². The second-order valence-electron chi connectivity index (χ2n) is 4.80. The Morgan fingerprint density at radius 3 is 2.77 bits per heavy atom. The Morgan fingerprint density at radius 1 is 1.36 bits per heavy atom. The van der Waals surface area contributed by atoms with Gasteiger partial charge in [-0.05, 0) is 25.1 Å². The first-order valence-corrected chi connectivity index (χ1v) is 6.67. The van der Waals surface area contributed by atoms with Crippen molar-refractivity contribution in [1.82, 2.24) is 15.2 Å². The molecule has 7 nitrogen and oxygen atoms in total. The van der Waals surface area contributed by atoms with Gasteiger partial charge in [-0.2, -0.15) is 10.2 Å². The van der Waals surface area contributed by atoms with Crippen LogP contribution in [0.1, 0.15) is 28.5 Å². The Labute approximate surface area is 128 Å². The van der Waals surface area contributed by atoms with Crippen LogP contribution in [0.2, 0.25) is 0 Å². The summed E-state index contributed by atoms with van der Waals surface area (Å²) < 4.78 is 1.68. The van der Waals surface area contributed by atoms with Gasteiger partial charge in [0.1, 0.15) is 0 Å². The van der Waals surface area contributed by atoms with Crippen molar-refractivity contribution in [2.45, 2.75) is 13.8 Å². The molecule has 0 saturated heterocycles. The molecule has 2 amide bonds. The summed E-state index contributed by atoms with van der Waals surface area (Å²) >= 11 is 0. The van der Waals surface area contributed by atoms with E-state index < -0.39 is 0 Å². The summed E-state index contributed by atoms with van der Waals surface area (Å²) in [6.07, 6.45) is 3.35. The van der Waals surface area contributed by atoms with Crippen LogP contribution in [0.15, 0.2) is 35.6 Å².